The lowest BCUT2D eigenvalue weighted by atomic mass is 10.1. The fourth-order valence-corrected chi connectivity index (χ4v) is 3.40. The largest absolute Gasteiger partial charge is 0.497 e. The van der Waals surface area contributed by atoms with Crippen LogP contribution in [0.1, 0.15) is 10.8 Å². The average Bonchev–Trinajstić information content (AvgIpc) is 3.08. The van der Waals surface area contributed by atoms with Crippen LogP contribution in [0.25, 0.3) is 11.0 Å². The number of H-pyrrole nitrogens is 1. The predicted molar refractivity (Wildman–Crippen MR) is 100 cm³/mol. The van der Waals surface area contributed by atoms with E-state index in [1.54, 1.807) is 7.11 Å². The van der Waals surface area contributed by atoms with E-state index in [2.05, 4.69) is 20.6 Å². The summed E-state index contributed by atoms with van der Waals surface area (Å²) in [6.07, 6.45) is 0. The van der Waals surface area contributed by atoms with Crippen LogP contribution >= 0.6 is 11.8 Å². The molecule has 0 radical (unpaired) electrons. The number of imide groups is 1. The van der Waals surface area contributed by atoms with E-state index in [-0.39, 0.29) is 0 Å². The first-order chi connectivity index (χ1) is 12.6. The van der Waals surface area contributed by atoms with Crippen molar-refractivity contribution in [1.29, 1.82) is 0 Å². The minimum Gasteiger partial charge on any atom is -0.497 e. The number of fused-ring (bicyclic) bond motifs is 1. The van der Waals surface area contributed by atoms with Gasteiger partial charge in [-0.05, 0) is 17.7 Å². The Labute approximate surface area is 154 Å². The second-order valence-electron chi connectivity index (χ2n) is 5.40. The van der Waals surface area contributed by atoms with Gasteiger partial charge in [-0.25, -0.2) is 9.78 Å². The summed E-state index contributed by atoms with van der Waals surface area (Å²) in [6, 6.07) is 14.2. The normalized spacial score (nSPS) is 11.8. The fraction of sp³-hybridized carbons (Fsp3) is 0.167. The number of methoxy groups -OCH3 is 1. The maximum atomic E-state index is 12.6. The first-order valence-electron chi connectivity index (χ1n) is 7.88. The molecule has 8 heteroatoms. The molecular formula is C18H18N4O3S. The third-order valence-electron chi connectivity index (χ3n) is 3.70. The van der Waals surface area contributed by atoms with Gasteiger partial charge in [0.05, 0.1) is 18.1 Å². The molecular weight excluding hydrogens is 352 g/mol. The van der Waals surface area contributed by atoms with E-state index in [0.717, 1.165) is 22.3 Å². The van der Waals surface area contributed by atoms with Crippen molar-refractivity contribution in [2.75, 3.05) is 14.2 Å². The summed E-state index contributed by atoms with van der Waals surface area (Å²) in [7, 11) is 3.06. The van der Waals surface area contributed by atoms with Crippen LogP contribution in [0.15, 0.2) is 53.7 Å². The highest BCUT2D eigenvalue weighted by molar-refractivity contribution is 8.00. The van der Waals surface area contributed by atoms with Gasteiger partial charge in [-0.3, -0.25) is 10.1 Å². The maximum Gasteiger partial charge on any atom is 0.321 e. The highest BCUT2D eigenvalue weighted by atomic mass is 32.2. The van der Waals surface area contributed by atoms with Crippen molar-refractivity contribution in [3.63, 3.8) is 0 Å². The molecule has 0 fully saturated rings. The molecule has 0 unspecified atom stereocenters. The minimum absolute atomic E-state index is 0.418. The molecule has 3 N–H and O–H groups in total. The molecule has 1 aromatic heterocycles. The first kappa shape index (κ1) is 17.8. The number of urea groups is 1. The summed E-state index contributed by atoms with van der Waals surface area (Å²) in [4.78, 5) is 31.8. The fourth-order valence-electron chi connectivity index (χ4n) is 2.40. The summed E-state index contributed by atoms with van der Waals surface area (Å²) in [5.74, 6) is 0.299. The van der Waals surface area contributed by atoms with Gasteiger partial charge in [-0.15, -0.1) is 0 Å². The minimum atomic E-state index is -0.629. The molecule has 2 aromatic carbocycles. The molecule has 3 amide bonds. The Balaban J connectivity index is 1.90. The Hall–Kier alpha value is -3.00. The second kappa shape index (κ2) is 7.92. The number of aromatic nitrogens is 2. The molecule has 0 aliphatic heterocycles. The summed E-state index contributed by atoms with van der Waals surface area (Å²) in [5.41, 5.74) is 2.36. The number of aromatic amines is 1. The number of thioether (sulfide) groups is 1. The number of hydrogen-bond donors (Lipinski definition) is 3. The van der Waals surface area contributed by atoms with E-state index in [4.69, 9.17) is 4.74 Å². The lowest BCUT2D eigenvalue weighted by molar-refractivity contribution is -0.119. The summed E-state index contributed by atoms with van der Waals surface area (Å²) in [5, 5.41) is 4.66. The molecule has 134 valence electrons. The zero-order chi connectivity index (χ0) is 18.5. The van der Waals surface area contributed by atoms with Crippen LogP contribution in [-0.4, -0.2) is 36.1 Å². The van der Waals surface area contributed by atoms with Gasteiger partial charge in [0.2, 0.25) is 5.91 Å². The van der Waals surface area contributed by atoms with Gasteiger partial charge in [-0.2, -0.15) is 0 Å². The van der Waals surface area contributed by atoms with Crippen molar-refractivity contribution in [1.82, 2.24) is 20.6 Å². The zero-order valence-corrected chi connectivity index (χ0v) is 15.1. The van der Waals surface area contributed by atoms with E-state index in [1.165, 1.54) is 18.8 Å². The molecule has 0 saturated carbocycles. The molecule has 1 heterocycles. The van der Waals surface area contributed by atoms with Crippen molar-refractivity contribution < 1.29 is 14.3 Å². The van der Waals surface area contributed by atoms with Gasteiger partial charge < -0.3 is 15.0 Å². The van der Waals surface area contributed by atoms with E-state index < -0.39 is 17.2 Å². The van der Waals surface area contributed by atoms with E-state index >= 15 is 0 Å². The zero-order valence-electron chi connectivity index (χ0n) is 14.3. The van der Waals surface area contributed by atoms with Crippen molar-refractivity contribution >= 4 is 34.7 Å². The molecule has 0 spiro atoms. The Kier molecular flexibility index (Phi) is 5.43. The highest BCUT2D eigenvalue weighted by Gasteiger charge is 2.25. The molecule has 7 nitrogen and oxygen atoms in total. The quantitative estimate of drug-likeness (QED) is 0.600. The number of ether oxygens (including phenoxy) is 1. The molecule has 0 aliphatic carbocycles. The molecule has 0 saturated heterocycles. The predicted octanol–water partition coefficient (Wildman–Crippen LogP) is 2.86. The van der Waals surface area contributed by atoms with Gasteiger partial charge in [-0.1, -0.05) is 42.1 Å². The number of nitrogens with zero attached hydrogens (tertiary/aromatic N) is 1. The van der Waals surface area contributed by atoms with Crippen LogP contribution in [0, 0.1) is 0 Å². The second-order valence-corrected chi connectivity index (χ2v) is 6.50. The van der Waals surface area contributed by atoms with Crippen molar-refractivity contribution in [3.8, 4) is 5.75 Å². The molecule has 3 aromatic rings. The van der Waals surface area contributed by atoms with E-state index in [9.17, 15) is 9.59 Å². The summed E-state index contributed by atoms with van der Waals surface area (Å²) >= 11 is 1.24. The van der Waals surface area contributed by atoms with Gasteiger partial charge in [0.15, 0.2) is 5.16 Å². The van der Waals surface area contributed by atoms with Crippen LogP contribution in [0.3, 0.4) is 0 Å². The number of imidazole rings is 1. The molecule has 26 heavy (non-hydrogen) atoms. The Bertz CT molecular complexity index is 927. The Morgan fingerprint density at radius 2 is 1.96 bits per heavy atom. The number of rotatable bonds is 5. The van der Waals surface area contributed by atoms with Gasteiger partial charge in [0.1, 0.15) is 11.0 Å². The van der Waals surface area contributed by atoms with E-state index in [0.29, 0.717) is 5.16 Å². The number of carbonyl (C=O) groups is 2. The Morgan fingerprint density at radius 3 is 2.65 bits per heavy atom. The van der Waals surface area contributed by atoms with Crippen LogP contribution < -0.4 is 15.4 Å². The average molecular weight is 370 g/mol. The first-order valence-corrected chi connectivity index (χ1v) is 8.76. The number of hydrogen-bond acceptors (Lipinski definition) is 5. The van der Waals surface area contributed by atoms with Gasteiger partial charge >= 0.3 is 6.03 Å². The number of benzene rings is 2. The number of amides is 3. The maximum absolute atomic E-state index is 12.6. The SMILES string of the molecule is CNC(=O)NC(=O)[C@H](Sc1nc2ccc(OC)cc2[nH]1)c1ccccc1. The van der Waals surface area contributed by atoms with Crippen molar-refractivity contribution in [2.45, 2.75) is 10.4 Å². The van der Waals surface area contributed by atoms with E-state index in [1.807, 2.05) is 48.5 Å². The van der Waals surface area contributed by atoms with Crippen LogP contribution in [0.2, 0.25) is 0 Å². The van der Waals surface area contributed by atoms with Crippen LogP contribution in [0.4, 0.5) is 4.79 Å². The van der Waals surface area contributed by atoms with Crippen molar-refractivity contribution in [2.24, 2.45) is 0 Å². The number of carbonyl (C=O) groups excluding carboxylic acids is 2. The molecule has 0 bridgehead atoms. The molecule has 0 aliphatic rings. The van der Waals surface area contributed by atoms with Crippen LogP contribution in [-0.2, 0) is 4.79 Å². The van der Waals surface area contributed by atoms with Crippen molar-refractivity contribution in [3.05, 3.63) is 54.1 Å². The monoisotopic (exact) mass is 370 g/mol. The summed E-state index contributed by atoms with van der Waals surface area (Å²) in [6.45, 7) is 0. The lowest BCUT2D eigenvalue weighted by Gasteiger charge is -2.14. The lowest BCUT2D eigenvalue weighted by Crippen LogP contribution is -2.39. The third kappa shape index (κ3) is 3.97. The highest BCUT2D eigenvalue weighted by Crippen LogP contribution is 2.35. The van der Waals surface area contributed by atoms with Gasteiger partial charge in [0, 0.05) is 13.1 Å². The Morgan fingerprint density at radius 1 is 1.19 bits per heavy atom. The standard InChI is InChI=1S/C18H18N4O3S/c1-19-17(24)22-16(23)15(11-6-4-3-5-7-11)26-18-20-13-9-8-12(25-2)10-14(13)21-18/h3-10,15H,1-2H3,(H,20,21)(H2,19,22,23,24)/t15-/m1/s1. The molecule has 1 atom stereocenters. The topological polar surface area (TPSA) is 96.1 Å². The smallest absolute Gasteiger partial charge is 0.321 e. The summed E-state index contributed by atoms with van der Waals surface area (Å²) < 4.78 is 5.21. The third-order valence-corrected chi connectivity index (χ3v) is 4.84. The van der Waals surface area contributed by atoms with Crippen LogP contribution in [0.5, 0.6) is 5.75 Å². The number of nitrogens with one attached hydrogen (secondary N) is 3. The molecule has 3 rings (SSSR count). The van der Waals surface area contributed by atoms with Gasteiger partial charge in [0.25, 0.3) is 0 Å².